The van der Waals surface area contributed by atoms with Crippen LogP contribution in [0.1, 0.15) is 17.5 Å². The smallest absolute Gasteiger partial charge is 0.268 e. The molecule has 2 aromatic carbocycles. The molecule has 0 unspecified atom stereocenters. The Morgan fingerprint density at radius 3 is 2.29 bits per heavy atom. The number of aromatic nitrogens is 3. The molecule has 0 fully saturated rings. The van der Waals surface area contributed by atoms with Crippen molar-refractivity contribution in [2.24, 2.45) is 0 Å². The molecule has 1 aromatic heterocycles. The second-order valence-electron chi connectivity index (χ2n) is 5.70. The molecular weight excluding hydrogens is 354 g/mol. The average molecular weight is 373 g/mol. The summed E-state index contributed by atoms with van der Waals surface area (Å²) in [4.78, 5) is 28.5. The lowest BCUT2D eigenvalue weighted by Crippen LogP contribution is -2.41. The van der Waals surface area contributed by atoms with E-state index in [1.807, 2.05) is 67.6 Å². The number of amides is 2. The molecule has 140 valence electrons. The second-order valence-corrected chi connectivity index (χ2v) is 5.70. The van der Waals surface area contributed by atoms with Crippen LogP contribution in [0.4, 0.5) is 0 Å². The summed E-state index contributed by atoms with van der Waals surface area (Å²) in [6.45, 7) is 1.84. The van der Waals surface area contributed by atoms with Gasteiger partial charge in [-0.1, -0.05) is 66.8 Å². The predicted octanol–water partition coefficient (Wildman–Crippen LogP) is 2.83. The second kappa shape index (κ2) is 9.09. The summed E-state index contributed by atoms with van der Waals surface area (Å²) in [7, 11) is 0. The van der Waals surface area contributed by atoms with E-state index in [1.54, 1.807) is 22.9 Å². The first-order chi connectivity index (χ1) is 13.7. The molecule has 7 heteroatoms. The van der Waals surface area contributed by atoms with Gasteiger partial charge in [-0.05, 0) is 19.1 Å². The van der Waals surface area contributed by atoms with Gasteiger partial charge < -0.3 is 0 Å². The zero-order valence-corrected chi connectivity index (χ0v) is 15.2. The fraction of sp³-hybridized carbons (Fsp3) is 0.0476. The van der Waals surface area contributed by atoms with Crippen molar-refractivity contribution in [2.75, 3.05) is 0 Å². The summed E-state index contributed by atoms with van der Waals surface area (Å²) in [5, 5.41) is 4.32. The van der Waals surface area contributed by atoms with Gasteiger partial charge in [0, 0.05) is 11.6 Å². The fourth-order valence-electron chi connectivity index (χ4n) is 2.40. The maximum Gasteiger partial charge on any atom is 0.309 e. The number of hydrogen-bond acceptors (Lipinski definition) is 4. The zero-order chi connectivity index (χ0) is 19.8. The van der Waals surface area contributed by atoms with E-state index < -0.39 is 11.8 Å². The van der Waals surface area contributed by atoms with Crippen LogP contribution in [0.2, 0.25) is 0 Å². The largest absolute Gasteiger partial charge is 0.309 e. The molecule has 3 rings (SSSR count). The first kappa shape index (κ1) is 18.8. The van der Waals surface area contributed by atoms with Gasteiger partial charge in [-0.25, -0.2) is 9.67 Å². The first-order valence-corrected chi connectivity index (χ1v) is 8.66. The van der Waals surface area contributed by atoms with Crippen LogP contribution in [0.5, 0.6) is 0 Å². The third kappa shape index (κ3) is 4.59. The Morgan fingerprint density at radius 1 is 0.929 bits per heavy atom. The topological polar surface area (TPSA) is 88.9 Å². The lowest BCUT2D eigenvalue weighted by Gasteiger charge is -2.05. The maximum atomic E-state index is 12.4. The van der Waals surface area contributed by atoms with Gasteiger partial charge in [0.1, 0.15) is 0 Å². The molecule has 0 aliphatic rings. The molecule has 0 saturated carbocycles. The molecule has 0 bridgehead atoms. The van der Waals surface area contributed by atoms with Crippen LogP contribution in [-0.4, -0.2) is 26.6 Å². The van der Waals surface area contributed by atoms with Gasteiger partial charge >= 0.3 is 5.91 Å². The van der Waals surface area contributed by atoms with E-state index in [0.717, 1.165) is 11.3 Å². The van der Waals surface area contributed by atoms with Crippen molar-refractivity contribution >= 4 is 11.8 Å². The summed E-state index contributed by atoms with van der Waals surface area (Å²) in [5.74, 6) is -0.603. The summed E-state index contributed by atoms with van der Waals surface area (Å²) in [6, 6.07) is 18.8. The van der Waals surface area contributed by atoms with Crippen molar-refractivity contribution in [3.8, 4) is 17.1 Å². The van der Waals surface area contributed by atoms with Gasteiger partial charge in [-0.15, -0.1) is 5.10 Å². The van der Waals surface area contributed by atoms with E-state index in [-0.39, 0.29) is 5.82 Å². The molecule has 28 heavy (non-hydrogen) atoms. The number of hydrazine groups is 1. The van der Waals surface area contributed by atoms with E-state index in [9.17, 15) is 9.59 Å². The molecule has 0 atom stereocenters. The number of para-hydroxylation sites is 1. The van der Waals surface area contributed by atoms with Crippen LogP contribution in [0.3, 0.4) is 0 Å². The third-order valence-electron chi connectivity index (χ3n) is 3.69. The van der Waals surface area contributed by atoms with Crippen LogP contribution >= 0.6 is 0 Å². The van der Waals surface area contributed by atoms with Gasteiger partial charge in [0.15, 0.2) is 5.82 Å². The molecule has 7 nitrogen and oxygen atoms in total. The SMILES string of the molecule is C/C=C/C=C/C(=O)NNC(=O)c1nc(-c2ccccc2)n(-c2ccccc2)n1. The van der Waals surface area contributed by atoms with E-state index in [1.165, 1.54) is 6.08 Å². The lowest BCUT2D eigenvalue weighted by molar-refractivity contribution is -0.117. The van der Waals surface area contributed by atoms with Gasteiger partial charge in [0.25, 0.3) is 5.91 Å². The molecule has 0 saturated heterocycles. The molecular formula is C21H19N5O2. The lowest BCUT2D eigenvalue weighted by atomic mass is 10.2. The minimum atomic E-state index is -0.611. The van der Waals surface area contributed by atoms with Gasteiger partial charge in [0.2, 0.25) is 5.82 Å². The Balaban J connectivity index is 1.85. The van der Waals surface area contributed by atoms with Crippen molar-refractivity contribution < 1.29 is 9.59 Å². The maximum absolute atomic E-state index is 12.4. The van der Waals surface area contributed by atoms with Gasteiger partial charge in [0.05, 0.1) is 5.69 Å². The van der Waals surface area contributed by atoms with Crippen molar-refractivity contribution in [2.45, 2.75) is 6.92 Å². The number of hydrogen-bond donors (Lipinski definition) is 2. The molecule has 2 amide bonds. The molecule has 0 aliphatic heterocycles. The van der Waals surface area contributed by atoms with Crippen molar-refractivity contribution in [3.05, 3.63) is 90.8 Å². The number of carbonyl (C=O) groups is 2. The Labute approximate surface area is 162 Å². The summed E-state index contributed by atoms with van der Waals surface area (Å²) in [6.07, 6.45) is 6.35. The van der Waals surface area contributed by atoms with Gasteiger partial charge in [-0.3, -0.25) is 20.4 Å². The van der Waals surface area contributed by atoms with Crippen LogP contribution in [0.15, 0.2) is 85.0 Å². The van der Waals surface area contributed by atoms with Crippen LogP contribution < -0.4 is 10.9 Å². The summed E-state index contributed by atoms with van der Waals surface area (Å²) in [5.41, 5.74) is 6.20. The van der Waals surface area contributed by atoms with E-state index in [4.69, 9.17) is 0 Å². The van der Waals surface area contributed by atoms with Crippen molar-refractivity contribution in [1.29, 1.82) is 0 Å². The van der Waals surface area contributed by atoms with Crippen LogP contribution in [-0.2, 0) is 4.79 Å². The number of benzene rings is 2. The minimum absolute atomic E-state index is 0.0551. The summed E-state index contributed by atoms with van der Waals surface area (Å²) < 4.78 is 1.60. The van der Waals surface area contributed by atoms with Crippen molar-refractivity contribution in [3.63, 3.8) is 0 Å². The highest BCUT2D eigenvalue weighted by Crippen LogP contribution is 2.20. The predicted molar refractivity (Wildman–Crippen MR) is 106 cm³/mol. The minimum Gasteiger partial charge on any atom is -0.268 e. The van der Waals surface area contributed by atoms with E-state index in [0.29, 0.717) is 5.82 Å². The first-order valence-electron chi connectivity index (χ1n) is 8.66. The normalized spacial score (nSPS) is 11.0. The number of carbonyl (C=O) groups excluding carboxylic acids is 2. The highest BCUT2D eigenvalue weighted by atomic mass is 16.2. The highest BCUT2D eigenvalue weighted by Gasteiger charge is 2.18. The van der Waals surface area contributed by atoms with E-state index in [2.05, 4.69) is 20.9 Å². The Hall–Kier alpha value is -4.00. The standard InChI is InChI=1S/C21H19N5O2/c1-2-3-6-15-18(27)23-24-21(28)19-22-20(16-11-7-4-8-12-16)26(25-19)17-13-9-5-10-14-17/h2-15H,1H3,(H,23,27)(H,24,28)/b3-2+,15-6+. The number of nitrogens with zero attached hydrogens (tertiary/aromatic N) is 3. The molecule has 2 N–H and O–H groups in total. The fourth-order valence-corrected chi connectivity index (χ4v) is 2.40. The van der Waals surface area contributed by atoms with Crippen molar-refractivity contribution in [1.82, 2.24) is 25.6 Å². The number of rotatable bonds is 5. The number of allylic oxidation sites excluding steroid dienone is 3. The third-order valence-corrected chi connectivity index (χ3v) is 3.69. The molecule has 3 aromatic rings. The Bertz CT molecular complexity index is 951. The summed E-state index contributed by atoms with van der Waals surface area (Å²) >= 11 is 0. The van der Waals surface area contributed by atoms with Gasteiger partial charge in [-0.2, -0.15) is 0 Å². The highest BCUT2D eigenvalue weighted by molar-refractivity contribution is 5.94. The zero-order valence-electron chi connectivity index (χ0n) is 15.2. The quantitative estimate of drug-likeness (QED) is 0.409. The number of nitrogens with one attached hydrogen (secondary N) is 2. The molecule has 1 heterocycles. The monoisotopic (exact) mass is 373 g/mol. The molecule has 0 spiro atoms. The Kier molecular flexibility index (Phi) is 6.10. The van der Waals surface area contributed by atoms with E-state index >= 15 is 0 Å². The van der Waals surface area contributed by atoms with Crippen LogP contribution in [0, 0.1) is 0 Å². The molecule has 0 aliphatic carbocycles. The Morgan fingerprint density at radius 2 is 1.61 bits per heavy atom. The molecule has 0 radical (unpaired) electrons. The average Bonchev–Trinajstić information content (AvgIpc) is 3.19. The van der Waals surface area contributed by atoms with Crippen LogP contribution in [0.25, 0.3) is 17.1 Å².